The standard InChI is InChI=1S/C23H18Cl2N2O5S/c1-11-20(26-12(2)21(11)23(29)30)9-17-16-8-15(4-6-19(16)27-22(17)28)33(31,32)10-13-7-14(24)3-5-18(13)25/h3-9,26H,10H2,1-2H3,(H,27,28)(H,29,30). The van der Waals surface area contributed by atoms with Gasteiger partial charge >= 0.3 is 5.97 Å². The van der Waals surface area contributed by atoms with Crippen LogP contribution in [-0.4, -0.2) is 30.4 Å². The molecule has 1 amide bonds. The molecule has 3 aromatic rings. The molecule has 7 nitrogen and oxygen atoms in total. The molecule has 2 aromatic carbocycles. The minimum Gasteiger partial charge on any atom is -0.478 e. The van der Waals surface area contributed by atoms with Gasteiger partial charge in [0.25, 0.3) is 5.91 Å². The van der Waals surface area contributed by atoms with Gasteiger partial charge in [0.05, 0.1) is 21.8 Å². The van der Waals surface area contributed by atoms with E-state index in [1.807, 2.05) is 0 Å². The Morgan fingerprint density at radius 1 is 1.12 bits per heavy atom. The second kappa shape index (κ2) is 8.37. The lowest BCUT2D eigenvalue weighted by Gasteiger charge is -2.09. The predicted octanol–water partition coefficient (Wildman–Crippen LogP) is 5.10. The van der Waals surface area contributed by atoms with Crippen LogP contribution in [0.3, 0.4) is 0 Å². The van der Waals surface area contributed by atoms with Gasteiger partial charge in [0.15, 0.2) is 9.84 Å². The molecule has 10 heteroatoms. The zero-order chi connectivity index (χ0) is 24.1. The average Bonchev–Trinajstić information content (AvgIpc) is 3.19. The maximum absolute atomic E-state index is 13.1. The van der Waals surface area contributed by atoms with Crippen LogP contribution < -0.4 is 5.32 Å². The number of benzene rings is 2. The third-order valence-corrected chi connectivity index (χ3v) is 7.73. The first-order valence-corrected chi connectivity index (χ1v) is 12.2. The number of aryl methyl sites for hydroxylation is 1. The van der Waals surface area contributed by atoms with E-state index >= 15 is 0 Å². The largest absolute Gasteiger partial charge is 0.478 e. The average molecular weight is 505 g/mol. The minimum absolute atomic E-state index is 0.0188. The van der Waals surface area contributed by atoms with E-state index in [2.05, 4.69) is 10.3 Å². The molecule has 0 saturated heterocycles. The number of carbonyl (C=O) groups excluding carboxylic acids is 1. The van der Waals surface area contributed by atoms with Crippen LogP contribution in [0.25, 0.3) is 11.6 Å². The summed E-state index contributed by atoms with van der Waals surface area (Å²) in [6.45, 7) is 3.27. The first kappa shape index (κ1) is 23.1. The van der Waals surface area contributed by atoms with Crippen molar-refractivity contribution in [2.24, 2.45) is 0 Å². The molecule has 1 aliphatic rings. The number of hydrogen-bond donors (Lipinski definition) is 3. The highest BCUT2D eigenvalue weighted by Crippen LogP contribution is 2.36. The molecular weight excluding hydrogens is 487 g/mol. The number of amides is 1. The Labute approximate surface area is 200 Å². The molecule has 0 radical (unpaired) electrons. The summed E-state index contributed by atoms with van der Waals surface area (Å²) >= 11 is 12.1. The number of anilines is 1. The SMILES string of the molecule is Cc1[nH]c(C=C2C(=O)Nc3ccc(S(=O)(=O)Cc4cc(Cl)ccc4Cl)cc32)c(C)c1C(=O)O. The van der Waals surface area contributed by atoms with Gasteiger partial charge in [-0.1, -0.05) is 23.2 Å². The molecule has 33 heavy (non-hydrogen) atoms. The van der Waals surface area contributed by atoms with Crippen LogP contribution >= 0.6 is 23.2 Å². The zero-order valence-electron chi connectivity index (χ0n) is 17.5. The Morgan fingerprint density at radius 3 is 2.52 bits per heavy atom. The summed E-state index contributed by atoms with van der Waals surface area (Å²) in [4.78, 5) is 27.1. The highest BCUT2D eigenvalue weighted by molar-refractivity contribution is 7.90. The predicted molar refractivity (Wildman–Crippen MR) is 128 cm³/mol. The molecule has 1 aliphatic heterocycles. The van der Waals surface area contributed by atoms with Crippen molar-refractivity contribution < 1.29 is 23.1 Å². The number of carboxylic acid groups (broad SMARTS) is 1. The number of hydrogen-bond acceptors (Lipinski definition) is 4. The second-order valence-corrected chi connectivity index (χ2v) is 10.5. The highest BCUT2D eigenvalue weighted by Gasteiger charge is 2.28. The first-order chi connectivity index (χ1) is 15.5. The number of sulfone groups is 1. The van der Waals surface area contributed by atoms with Gasteiger partial charge in [-0.2, -0.15) is 0 Å². The van der Waals surface area contributed by atoms with Crippen LogP contribution in [0, 0.1) is 13.8 Å². The molecule has 4 rings (SSSR count). The van der Waals surface area contributed by atoms with Crippen LogP contribution in [0.4, 0.5) is 5.69 Å². The number of H-pyrrole nitrogens is 1. The highest BCUT2D eigenvalue weighted by atomic mass is 35.5. The lowest BCUT2D eigenvalue weighted by atomic mass is 10.0. The Hall–Kier alpha value is -3.07. The lowest BCUT2D eigenvalue weighted by Crippen LogP contribution is -2.06. The van der Waals surface area contributed by atoms with Crippen molar-refractivity contribution >= 4 is 62.3 Å². The van der Waals surface area contributed by atoms with E-state index in [-0.39, 0.29) is 26.8 Å². The fraction of sp³-hybridized carbons (Fsp3) is 0.130. The number of carbonyl (C=O) groups is 2. The van der Waals surface area contributed by atoms with Crippen molar-refractivity contribution in [3.8, 4) is 0 Å². The minimum atomic E-state index is -3.80. The number of aromatic amines is 1. The van der Waals surface area contributed by atoms with Crippen LogP contribution in [0.15, 0.2) is 41.3 Å². The van der Waals surface area contributed by atoms with E-state index in [0.717, 1.165) is 0 Å². The van der Waals surface area contributed by atoms with E-state index in [1.165, 1.54) is 36.4 Å². The molecule has 0 aliphatic carbocycles. The molecule has 3 N–H and O–H groups in total. The Bertz CT molecular complexity index is 1470. The van der Waals surface area contributed by atoms with Crippen LogP contribution in [0.5, 0.6) is 0 Å². The molecule has 0 fully saturated rings. The number of rotatable bonds is 5. The van der Waals surface area contributed by atoms with Crippen molar-refractivity contribution in [1.82, 2.24) is 4.98 Å². The number of halogens is 2. The van der Waals surface area contributed by atoms with Gasteiger partial charge in [-0.3, -0.25) is 4.79 Å². The van der Waals surface area contributed by atoms with Crippen molar-refractivity contribution in [3.63, 3.8) is 0 Å². The molecule has 0 atom stereocenters. The zero-order valence-corrected chi connectivity index (χ0v) is 19.8. The normalized spacial score (nSPS) is 14.4. The van der Waals surface area contributed by atoms with Crippen molar-refractivity contribution in [1.29, 1.82) is 0 Å². The van der Waals surface area contributed by atoms with Gasteiger partial charge in [-0.25, -0.2) is 13.2 Å². The molecule has 2 heterocycles. The molecule has 0 bridgehead atoms. The van der Waals surface area contributed by atoms with E-state index in [4.69, 9.17) is 23.2 Å². The fourth-order valence-corrected chi connectivity index (χ4v) is 5.68. The van der Waals surface area contributed by atoms with Crippen molar-refractivity contribution in [2.75, 3.05) is 5.32 Å². The Balaban J connectivity index is 1.76. The topological polar surface area (TPSA) is 116 Å². The fourth-order valence-electron chi connectivity index (χ4n) is 3.83. The van der Waals surface area contributed by atoms with Gasteiger partial charge in [0.2, 0.25) is 0 Å². The van der Waals surface area contributed by atoms with E-state index in [1.54, 1.807) is 19.9 Å². The van der Waals surface area contributed by atoms with E-state index in [9.17, 15) is 23.1 Å². The van der Waals surface area contributed by atoms with Crippen LogP contribution in [-0.2, 0) is 20.4 Å². The van der Waals surface area contributed by atoms with Gasteiger partial charge in [0.1, 0.15) is 0 Å². The summed E-state index contributed by atoms with van der Waals surface area (Å²) in [6, 6.07) is 8.98. The molecule has 0 saturated carbocycles. The molecular formula is C23H18Cl2N2O5S. The number of aromatic nitrogens is 1. The van der Waals surface area contributed by atoms with E-state index < -0.39 is 21.7 Å². The number of fused-ring (bicyclic) bond motifs is 1. The Kier molecular flexibility index (Phi) is 5.86. The third kappa shape index (κ3) is 4.29. The monoisotopic (exact) mass is 504 g/mol. The summed E-state index contributed by atoms with van der Waals surface area (Å²) in [5.41, 5.74) is 3.00. The van der Waals surface area contributed by atoms with Crippen LogP contribution in [0.1, 0.15) is 38.4 Å². The number of carboxylic acids is 1. The summed E-state index contributed by atoms with van der Waals surface area (Å²) < 4.78 is 26.2. The number of aromatic carboxylic acids is 1. The lowest BCUT2D eigenvalue weighted by molar-refractivity contribution is -0.110. The smallest absolute Gasteiger partial charge is 0.337 e. The van der Waals surface area contributed by atoms with Crippen LogP contribution in [0.2, 0.25) is 10.0 Å². The molecule has 0 spiro atoms. The van der Waals surface area contributed by atoms with Gasteiger partial charge in [-0.15, -0.1) is 0 Å². The molecule has 170 valence electrons. The summed E-state index contributed by atoms with van der Waals surface area (Å²) in [5.74, 6) is -1.85. The van der Waals surface area contributed by atoms with Crippen molar-refractivity contribution in [2.45, 2.75) is 24.5 Å². The quantitative estimate of drug-likeness (QED) is 0.417. The second-order valence-electron chi connectivity index (χ2n) is 7.68. The summed E-state index contributed by atoms with van der Waals surface area (Å²) in [6.07, 6.45) is 1.53. The third-order valence-electron chi connectivity index (χ3n) is 5.47. The van der Waals surface area contributed by atoms with Gasteiger partial charge in [-0.05, 0) is 67.4 Å². The van der Waals surface area contributed by atoms with Gasteiger partial charge in [0, 0.05) is 32.7 Å². The molecule has 0 unspecified atom stereocenters. The maximum Gasteiger partial charge on any atom is 0.337 e. The summed E-state index contributed by atoms with van der Waals surface area (Å²) in [5, 5.41) is 12.8. The first-order valence-electron chi connectivity index (χ1n) is 9.74. The van der Waals surface area contributed by atoms with Crippen molar-refractivity contribution in [3.05, 3.63) is 80.1 Å². The van der Waals surface area contributed by atoms with Gasteiger partial charge < -0.3 is 15.4 Å². The Morgan fingerprint density at radius 2 is 1.85 bits per heavy atom. The summed E-state index contributed by atoms with van der Waals surface area (Å²) in [7, 11) is -3.80. The maximum atomic E-state index is 13.1. The number of nitrogens with one attached hydrogen (secondary N) is 2. The molecule has 1 aromatic heterocycles. The van der Waals surface area contributed by atoms with E-state index in [0.29, 0.717) is 38.8 Å².